The van der Waals surface area contributed by atoms with Crippen LogP contribution in [0.5, 0.6) is 0 Å². The van der Waals surface area contributed by atoms with Crippen LogP contribution >= 0.6 is 0 Å². The van der Waals surface area contributed by atoms with Gasteiger partial charge in [0.15, 0.2) is 17.5 Å². The number of nitrogens with zero attached hydrogens (tertiary/aromatic N) is 2. The van der Waals surface area contributed by atoms with Gasteiger partial charge in [0, 0.05) is 18.4 Å². The van der Waals surface area contributed by atoms with E-state index in [0.717, 1.165) is 17.2 Å². The van der Waals surface area contributed by atoms with Crippen LogP contribution in [0.4, 0.5) is 18.9 Å². The Kier molecular flexibility index (Phi) is 6.45. The van der Waals surface area contributed by atoms with Crippen molar-refractivity contribution >= 4 is 17.5 Å². The lowest BCUT2D eigenvalue weighted by molar-refractivity contribution is -0.124. The van der Waals surface area contributed by atoms with Crippen LogP contribution in [0.1, 0.15) is 17.9 Å². The summed E-state index contributed by atoms with van der Waals surface area (Å²) in [5, 5.41) is 12.2. The number of halogens is 3. The highest BCUT2D eigenvalue weighted by Crippen LogP contribution is 2.20. The van der Waals surface area contributed by atoms with E-state index >= 15 is 0 Å². The lowest BCUT2D eigenvalue weighted by Gasteiger charge is -2.08. The Hall–Kier alpha value is -3.69. The van der Waals surface area contributed by atoms with Crippen molar-refractivity contribution in [2.75, 3.05) is 11.9 Å². The largest absolute Gasteiger partial charge is 0.421 e. The zero-order chi connectivity index (χ0) is 21.7. The first kappa shape index (κ1) is 21.0. The normalized spacial score (nSPS) is 10.7. The molecule has 30 heavy (non-hydrogen) atoms. The number of anilines is 1. The first-order valence-corrected chi connectivity index (χ1v) is 8.93. The predicted octanol–water partition coefficient (Wildman–Crippen LogP) is 3.15. The van der Waals surface area contributed by atoms with Crippen molar-refractivity contribution in [2.24, 2.45) is 0 Å². The Labute approximate surface area is 169 Å². The molecule has 0 bridgehead atoms. The summed E-state index contributed by atoms with van der Waals surface area (Å²) in [6.07, 6.45) is 0.131. The van der Waals surface area contributed by atoms with Crippen LogP contribution in [0.2, 0.25) is 0 Å². The maximum Gasteiger partial charge on any atom is 0.247 e. The fourth-order valence-electron chi connectivity index (χ4n) is 2.47. The molecule has 0 radical (unpaired) electrons. The molecule has 1 heterocycles. The number of hydrogen-bond donors (Lipinski definition) is 2. The number of amides is 2. The van der Waals surface area contributed by atoms with Gasteiger partial charge in [-0.2, -0.15) is 0 Å². The first-order valence-electron chi connectivity index (χ1n) is 8.93. The van der Waals surface area contributed by atoms with E-state index in [4.69, 9.17) is 4.42 Å². The lowest BCUT2D eigenvalue weighted by Crippen LogP contribution is -2.33. The third kappa shape index (κ3) is 5.22. The summed E-state index contributed by atoms with van der Waals surface area (Å²) in [6, 6.07) is 9.06. The average molecular weight is 418 g/mol. The van der Waals surface area contributed by atoms with Gasteiger partial charge in [-0.3, -0.25) is 9.59 Å². The Bertz CT molecular complexity index is 1070. The number of nitrogens with one attached hydrogen (secondary N) is 2. The molecule has 0 aliphatic carbocycles. The maximum atomic E-state index is 13.5. The van der Waals surface area contributed by atoms with Gasteiger partial charge in [0.2, 0.25) is 23.6 Å². The van der Waals surface area contributed by atoms with E-state index in [-0.39, 0.29) is 18.7 Å². The van der Waals surface area contributed by atoms with E-state index in [2.05, 4.69) is 20.8 Å². The van der Waals surface area contributed by atoms with Gasteiger partial charge in [-0.25, -0.2) is 13.2 Å². The molecule has 2 aromatic carbocycles. The van der Waals surface area contributed by atoms with E-state index in [0.29, 0.717) is 12.0 Å². The summed E-state index contributed by atoms with van der Waals surface area (Å²) in [7, 11) is 0. The molecule has 0 saturated heterocycles. The molecule has 156 valence electrons. The highest BCUT2D eigenvalue weighted by Gasteiger charge is 2.16. The van der Waals surface area contributed by atoms with Crippen LogP contribution in [-0.4, -0.2) is 28.6 Å². The fraction of sp³-hybridized carbons (Fsp3) is 0.200. The molecule has 0 spiro atoms. The Morgan fingerprint density at radius 2 is 1.70 bits per heavy atom. The molecule has 0 saturated carbocycles. The molecule has 2 amide bonds. The van der Waals surface area contributed by atoms with Gasteiger partial charge in [0.1, 0.15) is 0 Å². The number of carbonyl (C=O) groups excluding carboxylic acids is 2. The highest BCUT2D eigenvalue weighted by molar-refractivity contribution is 5.94. The third-order valence-electron chi connectivity index (χ3n) is 4.09. The van der Waals surface area contributed by atoms with Gasteiger partial charge in [-0.05, 0) is 31.2 Å². The van der Waals surface area contributed by atoms with Crippen molar-refractivity contribution in [1.82, 2.24) is 15.5 Å². The smallest absolute Gasteiger partial charge is 0.247 e. The minimum absolute atomic E-state index is 0.0254. The van der Waals surface area contributed by atoms with Crippen LogP contribution < -0.4 is 10.6 Å². The molecule has 0 fully saturated rings. The summed E-state index contributed by atoms with van der Waals surface area (Å²) in [5.74, 6) is -5.27. The van der Waals surface area contributed by atoms with Gasteiger partial charge in [0.25, 0.3) is 0 Å². The third-order valence-corrected chi connectivity index (χ3v) is 4.09. The molecule has 3 rings (SSSR count). The van der Waals surface area contributed by atoms with Crippen LogP contribution in [0.15, 0.2) is 40.8 Å². The number of carbonyl (C=O) groups is 2. The molecular formula is C20H17F3N4O3. The molecule has 0 unspecified atom stereocenters. The average Bonchev–Trinajstić information content (AvgIpc) is 3.21. The van der Waals surface area contributed by atoms with Crippen LogP contribution in [0, 0.1) is 24.4 Å². The van der Waals surface area contributed by atoms with E-state index in [9.17, 15) is 22.8 Å². The second-order valence-corrected chi connectivity index (χ2v) is 6.41. The van der Waals surface area contributed by atoms with Crippen LogP contribution in [0.25, 0.3) is 11.5 Å². The van der Waals surface area contributed by atoms with Crippen molar-refractivity contribution in [2.45, 2.75) is 19.8 Å². The minimum atomic E-state index is -1.69. The lowest BCUT2D eigenvalue weighted by atomic mass is 10.1. The van der Waals surface area contributed by atoms with Crippen molar-refractivity contribution < 1.29 is 27.2 Å². The Morgan fingerprint density at radius 3 is 2.43 bits per heavy atom. The second kappa shape index (κ2) is 9.21. The standard InChI is InChI=1S/C20H17F3N4O3/c1-11-2-4-12(5-3-11)20-27-26-17(30-20)9-8-15(28)24-10-16(29)25-14-7-6-13(21)18(22)19(14)23/h2-7H,8-10H2,1H3,(H,24,28)(H,25,29). The summed E-state index contributed by atoms with van der Waals surface area (Å²) in [6.45, 7) is 1.48. The van der Waals surface area contributed by atoms with Crippen LogP contribution in [-0.2, 0) is 16.0 Å². The van der Waals surface area contributed by atoms with Crippen molar-refractivity contribution in [3.8, 4) is 11.5 Å². The van der Waals surface area contributed by atoms with Crippen molar-refractivity contribution in [3.05, 3.63) is 65.3 Å². The van der Waals surface area contributed by atoms with E-state index in [1.807, 2.05) is 31.2 Å². The van der Waals surface area contributed by atoms with E-state index in [1.165, 1.54) is 0 Å². The summed E-state index contributed by atoms with van der Waals surface area (Å²) < 4.78 is 45.1. The molecule has 7 nitrogen and oxygen atoms in total. The molecule has 3 aromatic rings. The zero-order valence-electron chi connectivity index (χ0n) is 15.8. The second-order valence-electron chi connectivity index (χ2n) is 6.41. The van der Waals surface area contributed by atoms with Crippen molar-refractivity contribution in [1.29, 1.82) is 0 Å². The van der Waals surface area contributed by atoms with Gasteiger partial charge in [0.05, 0.1) is 12.2 Å². The molecule has 2 N–H and O–H groups in total. The minimum Gasteiger partial charge on any atom is -0.421 e. The maximum absolute atomic E-state index is 13.5. The predicted molar refractivity (Wildman–Crippen MR) is 101 cm³/mol. The molecular weight excluding hydrogens is 401 g/mol. The quantitative estimate of drug-likeness (QED) is 0.575. The van der Waals surface area contributed by atoms with E-state index < -0.39 is 41.5 Å². The highest BCUT2D eigenvalue weighted by atomic mass is 19.2. The summed E-state index contributed by atoms with van der Waals surface area (Å²) >= 11 is 0. The Balaban J connectivity index is 1.45. The van der Waals surface area contributed by atoms with E-state index in [1.54, 1.807) is 0 Å². The topological polar surface area (TPSA) is 97.1 Å². The number of aromatic nitrogens is 2. The first-order chi connectivity index (χ1) is 14.3. The summed E-state index contributed by atoms with van der Waals surface area (Å²) in [4.78, 5) is 23.7. The van der Waals surface area contributed by atoms with Gasteiger partial charge < -0.3 is 15.1 Å². The molecule has 0 atom stereocenters. The monoisotopic (exact) mass is 418 g/mol. The molecule has 0 aliphatic heterocycles. The Morgan fingerprint density at radius 1 is 0.967 bits per heavy atom. The van der Waals surface area contributed by atoms with Gasteiger partial charge >= 0.3 is 0 Å². The van der Waals surface area contributed by atoms with Gasteiger partial charge in [-0.15, -0.1) is 10.2 Å². The zero-order valence-corrected chi connectivity index (χ0v) is 15.8. The van der Waals surface area contributed by atoms with Crippen LogP contribution in [0.3, 0.4) is 0 Å². The summed E-state index contributed by atoms with van der Waals surface area (Å²) in [5.41, 5.74) is 1.32. The molecule has 10 heteroatoms. The fourth-order valence-corrected chi connectivity index (χ4v) is 2.47. The number of hydrogen-bond acceptors (Lipinski definition) is 5. The number of rotatable bonds is 7. The van der Waals surface area contributed by atoms with Crippen molar-refractivity contribution in [3.63, 3.8) is 0 Å². The molecule has 1 aromatic heterocycles. The number of benzene rings is 2. The molecule has 0 aliphatic rings. The SMILES string of the molecule is Cc1ccc(-c2nnc(CCC(=O)NCC(=O)Nc3ccc(F)c(F)c3F)o2)cc1. The number of aryl methyl sites for hydroxylation is 2. The van der Waals surface area contributed by atoms with Gasteiger partial charge in [-0.1, -0.05) is 17.7 Å².